The fourth-order valence-electron chi connectivity index (χ4n) is 2.55. The molecule has 3 rings (SSSR count). The van der Waals surface area contributed by atoms with E-state index >= 15 is 0 Å². The molecule has 0 aliphatic heterocycles. The van der Waals surface area contributed by atoms with Crippen LogP contribution in [0.2, 0.25) is 0 Å². The van der Waals surface area contributed by atoms with Crippen molar-refractivity contribution in [3.63, 3.8) is 0 Å². The molecule has 1 heterocycles. The fraction of sp³-hybridized carbons (Fsp3) is 0.238. The van der Waals surface area contributed by atoms with Gasteiger partial charge in [0, 0.05) is 5.69 Å². The number of amides is 1. The quantitative estimate of drug-likeness (QED) is 0.624. The van der Waals surface area contributed by atoms with Gasteiger partial charge in [-0.3, -0.25) is 4.79 Å². The third-order valence-electron chi connectivity index (χ3n) is 3.87. The normalized spacial score (nSPS) is 10.5. The highest BCUT2D eigenvalue weighted by molar-refractivity contribution is 6.04. The molecule has 0 atom stereocenters. The lowest BCUT2D eigenvalue weighted by atomic mass is 10.3. The number of ether oxygens (including phenoxy) is 2. The predicted octanol–water partition coefficient (Wildman–Crippen LogP) is 4.45. The Morgan fingerprint density at radius 1 is 1.07 bits per heavy atom. The highest BCUT2D eigenvalue weighted by Gasteiger charge is 2.19. The van der Waals surface area contributed by atoms with Gasteiger partial charge in [0.2, 0.25) is 0 Å². The lowest BCUT2D eigenvalue weighted by molar-refractivity contribution is 0.101. The van der Waals surface area contributed by atoms with E-state index in [0.717, 1.165) is 12.2 Å². The maximum absolute atomic E-state index is 13.2. The highest BCUT2D eigenvalue weighted by atomic mass is 19.1. The average Bonchev–Trinajstić information content (AvgIpc) is 3.13. The molecule has 1 N–H and O–H groups in total. The molecule has 0 unspecified atom stereocenters. The van der Waals surface area contributed by atoms with Crippen molar-refractivity contribution in [3.05, 3.63) is 66.2 Å². The first kappa shape index (κ1) is 19.4. The van der Waals surface area contributed by atoms with Crippen LogP contribution >= 0.6 is 0 Å². The van der Waals surface area contributed by atoms with E-state index in [1.54, 1.807) is 42.6 Å². The Morgan fingerprint density at radius 2 is 1.79 bits per heavy atom. The summed E-state index contributed by atoms with van der Waals surface area (Å²) in [5.41, 5.74) is 1.40. The molecule has 146 valence electrons. The zero-order chi connectivity index (χ0) is 19.9. The summed E-state index contributed by atoms with van der Waals surface area (Å²) in [6, 6.07) is 12.9. The fourth-order valence-corrected chi connectivity index (χ4v) is 2.55. The first-order valence-corrected chi connectivity index (χ1v) is 9.13. The SMILES string of the molecule is CCCOc1cn(-c2ccc(F)cc2)nc1C(=O)Nc1ccc(OCC)cc1. The Hall–Kier alpha value is -3.35. The first-order chi connectivity index (χ1) is 13.6. The maximum atomic E-state index is 13.2. The summed E-state index contributed by atoms with van der Waals surface area (Å²) in [7, 11) is 0. The zero-order valence-electron chi connectivity index (χ0n) is 15.8. The van der Waals surface area contributed by atoms with Gasteiger partial charge in [0.1, 0.15) is 11.6 Å². The number of nitrogens with zero attached hydrogens (tertiary/aromatic N) is 2. The van der Waals surface area contributed by atoms with Crippen LogP contribution in [-0.2, 0) is 0 Å². The number of carbonyl (C=O) groups excluding carboxylic acids is 1. The minimum atomic E-state index is -0.392. The minimum Gasteiger partial charge on any atom is -0.494 e. The molecule has 3 aromatic rings. The Balaban J connectivity index is 1.83. The largest absolute Gasteiger partial charge is 0.494 e. The average molecular weight is 383 g/mol. The van der Waals surface area contributed by atoms with Crippen LogP contribution in [0.3, 0.4) is 0 Å². The molecule has 0 saturated carbocycles. The first-order valence-electron chi connectivity index (χ1n) is 9.13. The van der Waals surface area contributed by atoms with Crippen molar-refractivity contribution in [2.45, 2.75) is 20.3 Å². The van der Waals surface area contributed by atoms with Crippen LogP contribution < -0.4 is 14.8 Å². The molecule has 0 bridgehead atoms. The van der Waals surface area contributed by atoms with Gasteiger partial charge in [0.05, 0.1) is 25.1 Å². The van der Waals surface area contributed by atoms with E-state index in [0.29, 0.717) is 30.3 Å². The van der Waals surface area contributed by atoms with Crippen molar-refractivity contribution < 1.29 is 18.7 Å². The number of benzene rings is 2. The van der Waals surface area contributed by atoms with Crippen LogP contribution in [0.15, 0.2) is 54.7 Å². The Morgan fingerprint density at radius 3 is 2.43 bits per heavy atom. The van der Waals surface area contributed by atoms with E-state index < -0.39 is 5.91 Å². The van der Waals surface area contributed by atoms with Crippen LogP contribution in [0.5, 0.6) is 11.5 Å². The minimum absolute atomic E-state index is 0.159. The van der Waals surface area contributed by atoms with Crippen LogP contribution in [0.1, 0.15) is 30.8 Å². The molecule has 0 saturated heterocycles. The second-order valence-corrected chi connectivity index (χ2v) is 6.02. The van der Waals surface area contributed by atoms with Crippen LogP contribution in [0.25, 0.3) is 5.69 Å². The zero-order valence-corrected chi connectivity index (χ0v) is 15.8. The molecule has 0 spiro atoms. The molecular formula is C21H22FN3O3. The van der Waals surface area contributed by atoms with Gasteiger partial charge in [0.15, 0.2) is 11.4 Å². The molecule has 0 aliphatic rings. The summed E-state index contributed by atoms with van der Waals surface area (Å²) < 4.78 is 25.8. The van der Waals surface area contributed by atoms with Gasteiger partial charge in [-0.05, 0) is 61.9 Å². The van der Waals surface area contributed by atoms with Crippen molar-refractivity contribution >= 4 is 11.6 Å². The summed E-state index contributed by atoms with van der Waals surface area (Å²) >= 11 is 0. The molecule has 0 fully saturated rings. The number of hydrogen-bond donors (Lipinski definition) is 1. The van der Waals surface area contributed by atoms with Crippen LogP contribution in [-0.4, -0.2) is 28.9 Å². The van der Waals surface area contributed by atoms with E-state index in [9.17, 15) is 9.18 Å². The summed E-state index contributed by atoms with van der Waals surface area (Å²) in [6.07, 6.45) is 2.41. The smallest absolute Gasteiger partial charge is 0.280 e. The molecule has 6 nitrogen and oxygen atoms in total. The van der Waals surface area contributed by atoms with E-state index in [1.165, 1.54) is 16.8 Å². The Kier molecular flexibility index (Phi) is 6.26. The molecule has 2 aromatic carbocycles. The third-order valence-corrected chi connectivity index (χ3v) is 3.87. The van der Waals surface area contributed by atoms with Gasteiger partial charge in [-0.15, -0.1) is 0 Å². The van der Waals surface area contributed by atoms with Gasteiger partial charge in [-0.2, -0.15) is 5.10 Å². The standard InChI is InChI=1S/C21H22FN3O3/c1-3-13-28-19-14-25(17-9-5-15(22)6-10-17)24-20(19)21(26)23-16-7-11-18(12-8-16)27-4-2/h5-12,14H,3-4,13H2,1-2H3,(H,23,26). The number of carbonyl (C=O) groups is 1. The molecule has 1 aromatic heterocycles. The second-order valence-electron chi connectivity index (χ2n) is 6.02. The van der Waals surface area contributed by atoms with E-state index in [1.807, 2.05) is 13.8 Å². The Labute approximate surface area is 162 Å². The number of anilines is 1. The maximum Gasteiger partial charge on any atom is 0.280 e. The number of rotatable bonds is 8. The monoisotopic (exact) mass is 383 g/mol. The topological polar surface area (TPSA) is 65.4 Å². The molecule has 1 amide bonds. The predicted molar refractivity (Wildman–Crippen MR) is 105 cm³/mol. The van der Waals surface area contributed by atoms with Crippen LogP contribution in [0.4, 0.5) is 10.1 Å². The number of nitrogens with one attached hydrogen (secondary N) is 1. The molecule has 0 radical (unpaired) electrons. The number of aromatic nitrogens is 2. The number of halogens is 1. The molecule has 7 heteroatoms. The van der Waals surface area contributed by atoms with E-state index in [-0.39, 0.29) is 11.5 Å². The summed E-state index contributed by atoms with van der Waals surface area (Å²) in [6.45, 7) is 4.91. The summed E-state index contributed by atoms with van der Waals surface area (Å²) in [5, 5.41) is 7.15. The van der Waals surface area contributed by atoms with Crippen molar-refractivity contribution in [2.75, 3.05) is 18.5 Å². The van der Waals surface area contributed by atoms with Crippen LogP contribution in [0, 0.1) is 5.82 Å². The van der Waals surface area contributed by atoms with Crippen molar-refractivity contribution in [1.29, 1.82) is 0 Å². The highest BCUT2D eigenvalue weighted by Crippen LogP contribution is 2.23. The van der Waals surface area contributed by atoms with Gasteiger partial charge in [-0.25, -0.2) is 9.07 Å². The van der Waals surface area contributed by atoms with Gasteiger partial charge in [-0.1, -0.05) is 6.92 Å². The van der Waals surface area contributed by atoms with Crippen molar-refractivity contribution in [3.8, 4) is 17.2 Å². The lowest BCUT2D eigenvalue weighted by Gasteiger charge is -2.07. The molecule has 28 heavy (non-hydrogen) atoms. The van der Waals surface area contributed by atoms with E-state index in [4.69, 9.17) is 9.47 Å². The number of hydrogen-bond acceptors (Lipinski definition) is 4. The summed E-state index contributed by atoms with van der Waals surface area (Å²) in [4.78, 5) is 12.7. The van der Waals surface area contributed by atoms with Crippen molar-refractivity contribution in [2.24, 2.45) is 0 Å². The van der Waals surface area contributed by atoms with Gasteiger partial charge < -0.3 is 14.8 Å². The third kappa shape index (κ3) is 4.68. The second kappa shape index (κ2) is 9.03. The molecule has 0 aliphatic carbocycles. The van der Waals surface area contributed by atoms with E-state index in [2.05, 4.69) is 10.4 Å². The van der Waals surface area contributed by atoms with Crippen molar-refractivity contribution in [1.82, 2.24) is 9.78 Å². The molecular weight excluding hydrogens is 361 g/mol. The van der Waals surface area contributed by atoms with Gasteiger partial charge >= 0.3 is 0 Å². The lowest BCUT2D eigenvalue weighted by Crippen LogP contribution is -2.14. The Bertz CT molecular complexity index is 921. The summed E-state index contributed by atoms with van der Waals surface area (Å²) in [5.74, 6) is 0.366. The van der Waals surface area contributed by atoms with Gasteiger partial charge in [0.25, 0.3) is 5.91 Å².